The molecule has 6 heteroatoms. The van der Waals surface area contributed by atoms with Crippen LogP contribution in [0.4, 0.5) is 0 Å². The van der Waals surface area contributed by atoms with Crippen molar-refractivity contribution >= 4 is 11.8 Å². The number of benzene rings is 1. The average molecular weight is 399 g/mol. The molecule has 2 aliphatic rings. The minimum absolute atomic E-state index is 0.0444. The molecule has 0 spiro atoms. The number of ketones is 1. The Morgan fingerprint density at radius 1 is 1.24 bits per heavy atom. The molecule has 0 amide bonds. The van der Waals surface area contributed by atoms with Crippen LogP contribution in [0.25, 0.3) is 0 Å². The van der Waals surface area contributed by atoms with Crippen molar-refractivity contribution in [3.63, 3.8) is 0 Å². The Balaban J connectivity index is 2.18. The van der Waals surface area contributed by atoms with Crippen molar-refractivity contribution in [2.75, 3.05) is 20.8 Å². The highest BCUT2D eigenvalue weighted by atomic mass is 16.5. The van der Waals surface area contributed by atoms with Crippen molar-refractivity contribution in [1.82, 2.24) is 5.32 Å². The molecule has 0 radical (unpaired) electrons. The van der Waals surface area contributed by atoms with Gasteiger partial charge in [-0.2, -0.15) is 0 Å². The second-order valence-electron chi connectivity index (χ2n) is 8.31. The second kappa shape index (κ2) is 7.93. The lowest BCUT2D eigenvalue weighted by atomic mass is 9.66. The molecule has 2 unspecified atom stereocenters. The largest absolute Gasteiger partial charge is 0.493 e. The summed E-state index contributed by atoms with van der Waals surface area (Å²) in [6, 6.07) is 5.53. The van der Waals surface area contributed by atoms with E-state index in [9.17, 15) is 9.59 Å². The number of methoxy groups -OCH3 is 2. The van der Waals surface area contributed by atoms with E-state index in [1.54, 1.807) is 7.11 Å². The molecule has 0 saturated carbocycles. The average Bonchev–Trinajstić information content (AvgIpc) is 2.65. The van der Waals surface area contributed by atoms with Gasteiger partial charge in [-0.3, -0.25) is 9.59 Å². The number of allylic oxidation sites excluding steroid dienone is 2. The van der Waals surface area contributed by atoms with Gasteiger partial charge in [0.25, 0.3) is 0 Å². The first-order chi connectivity index (χ1) is 13.7. The highest BCUT2D eigenvalue weighted by Crippen LogP contribution is 2.49. The van der Waals surface area contributed by atoms with Gasteiger partial charge in [0.05, 0.1) is 20.8 Å². The molecular weight excluding hydrogens is 370 g/mol. The van der Waals surface area contributed by atoms with E-state index in [0.29, 0.717) is 42.2 Å². The van der Waals surface area contributed by atoms with Crippen LogP contribution in [0.3, 0.4) is 0 Å². The molecule has 6 nitrogen and oxygen atoms in total. The number of carbonyl (C=O) groups excluding carboxylic acids is 2. The molecule has 156 valence electrons. The predicted octanol–water partition coefficient (Wildman–Crippen LogP) is 3.73. The maximum atomic E-state index is 13.2. The maximum Gasteiger partial charge on any atom is 0.315 e. The second-order valence-corrected chi connectivity index (χ2v) is 8.31. The van der Waals surface area contributed by atoms with E-state index >= 15 is 0 Å². The highest BCUT2D eigenvalue weighted by Gasteiger charge is 2.46. The van der Waals surface area contributed by atoms with Gasteiger partial charge in [-0.1, -0.05) is 26.5 Å². The number of ether oxygens (including phenoxy) is 3. The van der Waals surface area contributed by atoms with Gasteiger partial charge >= 0.3 is 5.97 Å². The quantitative estimate of drug-likeness (QED) is 0.761. The first-order valence-corrected chi connectivity index (χ1v) is 9.83. The third-order valence-electron chi connectivity index (χ3n) is 5.55. The number of nitrogens with one attached hydrogen (secondary N) is 1. The van der Waals surface area contributed by atoms with E-state index in [0.717, 1.165) is 11.3 Å². The van der Waals surface area contributed by atoms with Gasteiger partial charge in [-0.15, -0.1) is 0 Å². The van der Waals surface area contributed by atoms with Crippen molar-refractivity contribution in [3.05, 3.63) is 47.3 Å². The lowest BCUT2D eigenvalue weighted by Gasteiger charge is -2.42. The fraction of sp³-hybridized carbons (Fsp3) is 0.478. The van der Waals surface area contributed by atoms with Gasteiger partial charge in [0.15, 0.2) is 17.3 Å². The summed E-state index contributed by atoms with van der Waals surface area (Å²) in [6.45, 7) is 10.6. The Morgan fingerprint density at radius 3 is 2.59 bits per heavy atom. The molecule has 1 aliphatic carbocycles. The van der Waals surface area contributed by atoms with E-state index in [1.165, 1.54) is 7.11 Å². The molecule has 2 atom stereocenters. The maximum absolute atomic E-state index is 13.2. The number of hydrogen-bond donors (Lipinski definition) is 1. The van der Waals surface area contributed by atoms with Crippen LogP contribution < -0.4 is 14.8 Å². The molecule has 0 bridgehead atoms. The molecule has 1 aliphatic heterocycles. The fourth-order valence-corrected chi connectivity index (χ4v) is 4.36. The Hall–Kier alpha value is -2.76. The Kier molecular flexibility index (Phi) is 5.73. The lowest BCUT2D eigenvalue weighted by molar-refractivity contribution is -0.144. The third kappa shape index (κ3) is 3.88. The molecule has 1 aromatic rings. The Labute approximate surface area is 171 Å². The Morgan fingerprint density at radius 2 is 1.97 bits per heavy atom. The first-order valence-electron chi connectivity index (χ1n) is 9.83. The molecule has 1 N–H and O–H groups in total. The third-order valence-corrected chi connectivity index (χ3v) is 5.55. The minimum atomic E-state index is -0.702. The summed E-state index contributed by atoms with van der Waals surface area (Å²) < 4.78 is 16.2. The van der Waals surface area contributed by atoms with Gasteiger partial charge in [-0.25, -0.2) is 0 Å². The van der Waals surface area contributed by atoms with Gasteiger partial charge < -0.3 is 19.5 Å². The van der Waals surface area contributed by atoms with E-state index in [2.05, 4.69) is 25.7 Å². The minimum Gasteiger partial charge on any atom is -0.493 e. The van der Waals surface area contributed by atoms with Crippen LogP contribution in [0, 0.1) is 11.3 Å². The number of Topliss-reactive ketones (excluding diaryl/α,β-unsaturated/α-hetero) is 1. The monoisotopic (exact) mass is 399 g/mol. The van der Waals surface area contributed by atoms with Crippen molar-refractivity contribution in [1.29, 1.82) is 0 Å². The number of rotatable bonds is 5. The van der Waals surface area contributed by atoms with Crippen molar-refractivity contribution in [3.8, 4) is 11.5 Å². The van der Waals surface area contributed by atoms with Crippen LogP contribution in [0.2, 0.25) is 0 Å². The van der Waals surface area contributed by atoms with Gasteiger partial charge in [0, 0.05) is 29.3 Å². The molecule has 0 aromatic heterocycles. The molecule has 1 heterocycles. The van der Waals surface area contributed by atoms with E-state index in [-0.39, 0.29) is 11.2 Å². The van der Waals surface area contributed by atoms with Crippen molar-refractivity contribution in [2.24, 2.45) is 11.3 Å². The summed E-state index contributed by atoms with van der Waals surface area (Å²) in [7, 11) is 2.92. The summed E-state index contributed by atoms with van der Waals surface area (Å²) in [4.78, 5) is 25.9. The summed E-state index contributed by atoms with van der Waals surface area (Å²) in [6.07, 6.45) is 1.14. The van der Waals surface area contributed by atoms with E-state index in [1.807, 2.05) is 25.1 Å². The molecule has 0 saturated heterocycles. The molecule has 3 rings (SSSR count). The smallest absolute Gasteiger partial charge is 0.315 e. The molecule has 29 heavy (non-hydrogen) atoms. The zero-order chi connectivity index (χ0) is 21.3. The van der Waals surface area contributed by atoms with E-state index < -0.39 is 17.8 Å². The van der Waals surface area contributed by atoms with E-state index in [4.69, 9.17) is 14.2 Å². The predicted molar refractivity (Wildman–Crippen MR) is 110 cm³/mol. The van der Waals surface area contributed by atoms with Crippen LogP contribution in [0.1, 0.15) is 45.1 Å². The first kappa shape index (κ1) is 21.0. The highest BCUT2D eigenvalue weighted by molar-refractivity contribution is 6.00. The SMILES string of the molecule is C=C1NC2=C(C(=O)CC(C)(C)C2)C(c2ccc(OCC)c(OC)c2)C1C(=O)OC. The number of carbonyl (C=O) groups is 2. The van der Waals surface area contributed by atoms with Crippen LogP contribution in [0.5, 0.6) is 11.5 Å². The fourth-order valence-electron chi connectivity index (χ4n) is 4.36. The zero-order valence-corrected chi connectivity index (χ0v) is 17.8. The summed E-state index contributed by atoms with van der Waals surface area (Å²) in [5, 5.41) is 3.24. The molecule has 0 fully saturated rings. The van der Waals surface area contributed by atoms with Crippen LogP contribution in [0.15, 0.2) is 41.7 Å². The van der Waals surface area contributed by atoms with Crippen molar-refractivity contribution < 1.29 is 23.8 Å². The van der Waals surface area contributed by atoms with Crippen LogP contribution in [-0.4, -0.2) is 32.6 Å². The molecule has 1 aromatic carbocycles. The van der Waals surface area contributed by atoms with Gasteiger partial charge in [0.1, 0.15) is 5.92 Å². The van der Waals surface area contributed by atoms with Crippen LogP contribution in [-0.2, 0) is 14.3 Å². The normalized spacial score (nSPS) is 23.2. The Bertz CT molecular complexity index is 883. The number of esters is 1. The molecular formula is C23H29NO5. The lowest BCUT2D eigenvalue weighted by Crippen LogP contribution is -2.43. The number of hydrogen-bond acceptors (Lipinski definition) is 6. The standard InChI is InChI=1S/C23H29NO5/c1-7-29-17-9-8-14(10-18(17)27-5)20-19(22(26)28-6)13(2)24-15-11-23(3,4)12-16(25)21(15)20/h8-10,19-20,24H,2,7,11-12H2,1,3-6H3. The van der Waals surface area contributed by atoms with Gasteiger partial charge in [0.2, 0.25) is 0 Å². The zero-order valence-electron chi connectivity index (χ0n) is 17.8. The topological polar surface area (TPSA) is 73.9 Å². The summed E-state index contributed by atoms with van der Waals surface area (Å²) >= 11 is 0. The van der Waals surface area contributed by atoms with Gasteiger partial charge in [-0.05, 0) is 36.5 Å². The summed E-state index contributed by atoms with van der Waals surface area (Å²) in [5.41, 5.74) is 2.66. The summed E-state index contributed by atoms with van der Waals surface area (Å²) in [5.74, 6) is -0.396. The van der Waals surface area contributed by atoms with Crippen molar-refractivity contribution in [2.45, 2.75) is 39.5 Å². The van der Waals surface area contributed by atoms with Crippen LogP contribution >= 0.6 is 0 Å².